The van der Waals surface area contributed by atoms with Crippen LogP contribution in [0.4, 0.5) is 0 Å². The lowest BCUT2D eigenvalue weighted by atomic mass is 10.2. The predicted molar refractivity (Wildman–Crippen MR) is 66.4 cm³/mol. The molecule has 0 fully saturated rings. The maximum absolute atomic E-state index is 6.10. The number of hydrogen-bond acceptors (Lipinski definition) is 2. The first-order valence-corrected chi connectivity index (χ1v) is 5.65. The van der Waals surface area contributed by atoms with Gasteiger partial charge in [0.05, 0.1) is 10.0 Å². The van der Waals surface area contributed by atoms with E-state index in [1.807, 2.05) is 19.2 Å². The summed E-state index contributed by atoms with van der Waals surface area (Å²) in [7, 11) is 2.02. The van der Waals surface area contributed by atoms with E-state index in [4.69, 9.17) is 28.9 Å². The Morgan fingerprint density at radius 2 is 2.07 bits per heavy atom. The zero-order valence-electron chi connectivity index (χ0n) is 9.00. The maximum Gasteiger partial charge on any atom is 0.0637 e. The Morgan fingerprint density at radius 1 is 1.40 bits per heavy atom. The summed E-state index contributed by atoms with van der Waals surface area (Å²) >= 11 is 12.0. The van der Waals surface area contributed by atoms with Gasteiger partial charge in [0.25, 0.3) is 0 Å². The molecule has 0 spiro atoms. The minimum Gasteiger partial charge on any atom is -0.329 e. The number of hydrogen-bond donors (Lipinski definition) is 1. The summed E-state index contributed by atoms with van der Waals surface area (Å²) in [6.07, 6.45) is 0. The van der Waals surface area contributed by atoms with Crippen molar-refractivity contribution in [1.82, 2.24) is 4.90 Å². The van der Waals surface area contributed by atoms with Gasteiger partial charge >= 0.3 is 0 Å². The number of nitrogens with zero attached hydrogens (tertiary/aromatic N) is 1. The molecule has 0 radical (unpaired) electrons. The summed E-state index contributed by atoms with van der Waals surface area (Å²) in [5.74, 6) is 0. The summed E-state index contributed by atoms with van der Waals surface area (Å²) < 4.78 is 0. The lowest BCUT2D eigenvalue weighted by Gasteiger charge is -2.23. The van der Waals surface area contributed by atoms with Crippen LogP contribution in [0.2, 0.25) is 10.0 Å². The van der Waals surface area contributed by atoms with Crippen molar-refractivity contribution in [2.45, 2.75) is 19.5 Å². The normalized spacial score (nSPS) is 13.2. The highest BCUT2D eigenvalue weighted by atomic mass is 35.5. The molecule has 1 rings (SSSR count). The molecule has 84 valence electrons. The first-order valence-electron chi connectivity index (χ1n) is 4.89. The Labute approximate surface area is 101 Å². The van der Waals surface area contributed by atoms with Gasteiger partial charge in [0, 0.05) is 19.1 Å². The average Bonchev–Trinajstić information content (AvgIpc) is 2.23. The first kappa shape index (κ1) is 12.8. The highest BCUT2D eigenvalue weighted by Gasteiger charge is 2.10. The molecule has 0 aliphatic carbocycles. The summed E-state index contributed by atoms with van der Waals surface area (Å²) in [6.45, 7) is 3.48. The molecule has 0 aliphatic heterocycles. The van der Waals surface area contributed by atoms with Crippen LogP contribution in [0, 0.1) is 0 Å². The van der Waals surface area contributed by atoms with Crippen LogP contribution in [-0.4, -0.2) is 24.5 Å². The monoisotopic (exact) mass is 246 g/mol. The van der Waals surface area contributed by atoms with Crippen molar-refractivity contribution in [3.8, 4) is 0 Å². The van der Waals surface area contributed by atoms with Gasteiger partial charge in [0.2, 0.25) is 0 Å². The Hall–Kier alpha value is -0.280. The Bertz CT molecular complexity index is 328. The van der Waals surface area contributed by atoms with Gasteiger partial charge in [-0.2, -0.15) is 0 Å². The Morgan fingerprint density at radius 3 is 2.67 bits per heavy atom. The third-order valence-corrected chi connectivity index (χ3v) is 3.40. The molecule has 0 bridgehead atoms. The minimum absolute atomic E-state index is 0.333. The van der Waals surface area contributed by atoms with Crippen molar-refractivity contribution in [2.24, 2.45) is 5.73 Å². The van der Waals surface area contributed by atoms with Gasteiger partial charge < -0.3 is 5.73 Å². The van der Waals surface area contributed by atoms with E-state index in [1.165, 1.54) is 0 Å². The van der Waals surface area contributed by atoms with Crippen LogP contribution in [0.3, 0.4) is 0 Å². The third kappa shape index (κ3) is 3.35. The summed E-state index contributed by atoms with van der Waals surface area (Å²) in [5.41, 5.74) is 6.63. The number of rotatable bonds is 4. The fraction of sp³-hybridized carbons (Fsp3) is 0.455. The van der Waals surface area contributed by atoms with Crippen LogP contribution in [0.15, 0.2) is 18.2 Å². The second-order valence-corrected chi connectivity index (χ2v) is 4.50. The van der Waals surface area contributed by atoms with Gasteiger partial charge in [0.15, 0.2) is 0 Å². The van der Waals surface area contributed by atoms with Crippen molar-refractivity contribution in [3.05, 3.63) is 33.8 Å². The van der Waals surface area contributed by atoms with Gasteiger partial charge in [-0.1, -0.05) is 35.3 Å². The highest BCUT2D eigenvalue weighted by molar-refractivity contribution is 6.42. The molecule has 2 nitrogen and oxygen atoms in total. The molecule has 4 heteroatoms. The number of benzene rings is 1. The Kier molecular flexibility index (Phi) is 4.87. The molecule has 2 N–H and O–H groups in total. The zero-order valence-corrected chi connectivity index (χ0v) is 10.5. The fourth-order valence-corrected chi connectivity index (χ4v) is 1.65. The number of likely N-dealkylation sites (N-methyl/N-ethyl adjacent to an activating group) is 1. The predicted octanol–water partition coefficient (Wildman–Crippen LogP) is 2.77. The molecular formula is C11H16Cl2N2. The smallest absolute Gasteiger partial charge is 0.0637 e. The van der Waals surface area contributed by atoms with Gasteiger partial charge in [-0.15, -0.1) is 0 Å². The molecule has 0 saturated carbocycles. The highest BCUT2D eigenvalue weighted by Crippen LogP contribution is 2.26. The summed E-state index contributed by atoms with van der Waals surface area (Å²) in [6, 6.07) is 6.01. The molecule has 15 heavy (non-hydrogen) atoms. The van der Waals surface area contributed by atoms with E-state index >= 15 is 0 Å². The standard InChI is InChI=1S/C11H16Cl2N2/c1-8(6-14)15(2)7-9-4-3-5-10(12)11(9)13/h3-5,8H,6-7,14H2,1-2H3. The molecule has 0 aliphatic rings. The van der Waals surface area contributed by atoms with Gasteiger partial charge in [0.1, 0.15) is 0 Å². The van der Waals surface area contributed by atoms with Gasteiger partial charge in [-0.25, -0.2) is 0 Å². The third-order valence-electron chi connectivity index (χ3n) is 2.54. The quantitative estimate of drug-likeness (QED) is 0.886. The van der Waals surface area contributed by atoms with E-state index in [0.717, 1.165) is 12.1 Å². The molecule has 0 aromatic heterocycles. The molecular weight excluding hydrogens is 231 g/mol. The first-order chi connectivity index (χ1) is 7.06. The second-order valence-electron chi connectivity index (χ2n) is 3.71. The molecule has 1 atom stereocenters. The number of halogens is 2. The van der Waals surface area contributed by atoms with Crippen molar-refractivity contribution < 1.29 is 0 Å². The zero-order chi connectivity index (χ0) is 11.4. The maximum atomic E-state index is 6.10. The van der Waals surface area contributed by atoms with E-state index in [0.29, 0.717) is 22.6 Å². The van der Waals surface area contributed by atoms with Crippen LogP contribution >= 0.6 is 23.2 Å². The van der Waals surface area contributed by atoms with E-state index in [-0.39, 0.29) is 0 Å². The van der Waals surface area contributed by atoms with Crippen molar-refractivity contribution >= 4 is 23.2 Å². The summed E-state index contributed by atoms with van der Waals surface area (Å²) in [5, 5.41) is 1.23. The largest absolute Gasteiger partial charge is 0.329 e. The summed E-state index contributed by atoms with van der Waals surface area (Å²) in [4.78, 5) is 2.15. The molecule has 0 amide bonds. The molecule has 0 heterocycles. The molecule has 1 aromatic carbocycles. The second kappa shape index (κ2) is 5.71. The van der Waals surface area contributed by atoms with Crippen molar-refractivity contribution in [1.29, 1.82) is 0 Å². The fourth-order valence-electron chi connectivity index (χ4n) is 1.28. The van der Waals surface area contributed by atoms with E-state index in [9.17, 15) is 0 Å². The molecule has 0 saturated heterocycles. The van der Waals surface area contributed by atoms with Crippen LogP contribution in [-0.2, 0) is 6.54 Å². The molecule has 1 aromatic rings. The van der Waals surface area contributed by atoms with Crippen LogP contribution in [0.5, 0.6) is 0 Å². The van der Waals surface area contributed by atoms with E-state index in [2.05, 4.69) is 11.8 Å². The minimum atomic E-state index is 0.333. The average molecular weight is 247 g/mol. The molecule has 1 unspecified atom stereocenters. The number of nitrogens with two attached hydrogens (primary N) is 1. The van der Waals surface area contributed by atoms with Crippen molar-refractivity contribution in [2.75, 3.05) is 13.6 Å². The lowest BCUT2D eigenvalue weighted by molar-refractivity contribution is 0.255. The van der Waals surface area contributed by atoms with Crippen LogP contribution in [0.25, 0.3) is 0 Å². The lowest BCUT2D eigenvalue weighted by Crippen LogP contribution is -2.34. The van der Waals surface area contributed by atoms with Crippen LogP contribution in [0.1, 0.15) is 12.5 Å². The van der Waals surface area contributed by atoms with E-state index < -0.39 is 0 Å². The Balaban J connectivity index is 2.76. The van der Waals surface area contributed by atoms with E-state index in [1.54, 1.807) is 6.07 Å². The van der Waals surface area contributed by atoms with Gasteiger partial charge in [-0.05, 0) is 25.6 Å². The van der Waals surface area contributed by atoms with Gasteiger partial charge in [-0.3, -0.25) is 4.90 Å². The SMILES string of the molecule is CC(CN)N(C)Cc1cccc(Cl)c1Cl. The van der Waals surface area contributed by atoms with Crippen LogP contribution < -0.4 is 5.73 Å². The topological polar surface area (TPSA) is 29.3 Å². The van der Waals surface area contributed by atoms with Crippen molar-refractivity contribution in [3.63, 3.8) is 0 Å².